The molecule has 0 aliphatic carbocycles. The van der Waals surface area contributed by atoms with Crippen LogP contribution in [-0.4, -0.2) is 27.6 Å². The van der Waals surface area contributed by atoms with Crippen LogP contribution in [-0.2, 0) is 19.5 Å². The molecule has 0 saturated heterocycles. The fraction of sp³-hybridized carbons (Fsp3) is 0. The summed E-state index contributed by atoms with van der Waals surface area (Å²) >= 11 is 0.768. The van der Waals surface area contributed by atoms with Crippen molar-refractivity contribution in [3.8, 4) is 17.2 Å². The lowest BCUT2D eigenvalue weighted by atomic mass is 9.99. The van der Waals surface area contributed by atoms with Gasteiger partial charge in [0.1, 0.15) is 16.5 Å². The van der Waals surface area contributed by atoms with E-state index >= 15 is 0 Å². The minimum atomic E-state index is -4.78. The molecule has 2 heterocycles. The number of rotatable bonds is 9. The number of pyridine rings is 1. The summed E-state index contributed by atoms with van der Waals surface area (Å²) in [6.45, 7) is 0. The van der Waals surface area contributed by atoms with Crippen LogP contribution in [0.25, 0.3) is 34.0 Å². The Morgan fingerprint density at radius 1 is 0.957 bits per heavy atom. The third-order valence-electron chi connectivity index (χ3n) is 6.80. The quantitative estimate of drug-likeness (QED) is 0.0543. The molecule has 228 valence electrons. The van der Waals surface area contributed by atoms with Crippen LogP contribution in [0.1, 0.15) is 5.56 Å². The summed E-state index contributed by atoms with van der Waals surface area (Å²) in [4.78, 5) is 18.7. The SMILES string of the molecule is N#Cc1c(-c2ccccc2)/c(=C\Nc2ccc(N=Nc3ccc(SOOO)cc3)cc2S(=O)(=O)O)c(=O)n2c1nc1ccccc12. The van der Waals surface area contributed by atoms with Gasteiger partial charge in [-0.1, -0.05) is 47.5 Å². The summed E-state index contributed by atoms with van der Waals surface area (Å²) in [7, 11) is -4.78. The second kappa shape index (κ2) is 12.9. The van der Waals surface area contributed by atoms with E-state index in [2.05, 4.69) is 36.0 Å². The highest BCUT2D eigenvalue weighted by molar-refractivity contribution is 7.94. The lowest BCUT2D eigenvalue weighted by Gasteiger charge is -2.10. The molecule has 13 nitrogen and oxygen atoms in total. The van der Waals surface area contributed by atoms with Gasteiger partial charge in [-0.2, -0.15) is 23.9 Å². The summed E-state index contributed by atoms with van der Waals surface area (Å²) in [5.41, 5.74) is 2.25. The predicted molar refractivity (Wildman–Crippen MR) is 170 cm³/mol. The van der Waals surface area contributed by atoms with E-state index in [9.17, 15) is 23.0 Å². The summed E-state index contributed by atoms with van der Waals surface area (Å²) in [6.07, 6.45) is 1.30. The maximum absolute atomic E-state index is 14.0. The summed E-state index contributed by atoms with van der Waals surface area (Å²) in [5, 5.41) is 33.2. The van der Waals surface area contributed by atoms with E-state index in [1.54, 1.807) is 78.9 Å². The van der Waals surface area contributed by atoms with E-state index in [-0.39, 0.29) is 27.8 Å². The first-order valence-electron chi connectivity index (χ1n) is 13.3. The predicted octanol–water partition coefficient (Wildman–Crippen LogP) is 6.05. The van der Waals surface area contributed by atoms with Gasteiger partial charge in [-0.05, 0) is 60.2 Å². The molecule has 0 unspecified atom stereocenters. The van der Waals surface area contributed by atoms with Crippen molar-refractivity contribution in [2.45, 2.75) is 9.79 Å². The molecular formula is C31H20N6O7S2. The minimum Gasteiger partial charge on any atom is -0.360 e. The van der Waals surface area contributed by atoms with Gasteiger partial charge >= 0.3 is 0 Å². The summed E-state index contributed by atoms with van der Waals surface area (Å²) in [5.74, 6) is 0. The molecular weight excluding hydrogens is 633 g/mol. The molecule has 46 heavy (non-hydrogen) atoms. The smallest absolute Gasteiger partial charge is 0.296 e. The first-order chi connectivity index (χ1) is 22.3. The molecule has 0 saturated carbocycles. The number of para-hydroxylation sites is 2. The standard InChI is InChI=1S/C31H20N6O7S2/c32-17-23-29(19-6-2-1-3-7-19)24(31(38)37-27-9-5-4-8-25(27)34-30(23)37)18-33-26-15-12-21(16-28(26)46(40,41)42)36-35-20-10-13-22(14-11-20)45-44-43-39/h1-16,18,33,39H,(H,40,41,42)/b24-18+,36-35?. The van der Waals surface area contributed by atoms with Gasteiger partial charge in [0.2, 0.25) is 0 Å². The molecule has 3 N–H and O–H groups in total. The number of aromatic nitrogens is 2. The van der Waals surface area contributed by atoms with Gasteiger partial charge < -0.3 is 5.32 Å². The summed E-state index contributed by atoms with van der Waals surface area (Å²) in [6, 6.07) is 28.4. The lowest BCUT2D eigenvalue weighted by Crippen LogP contribution is -2.34. The van der Waals surface area contributed by atoms with Crippen molar-refractivity contribution >= 4 is 62.1 Å². The van der Waals surface area contributed by atoms with Crippen LogP contribution >= 0.6 is 12.0 Å². The number of nitrogens with one attached hydrogen (secondary N) is 1. The van der Waals surface area contributed by atoms with Crippen molar-refractivity contribution in [3.63, 3.8) is 0 Å². The number of anilines is 1. The maximum atomic E-state index is 14.0. The number of azo groups is 1. The monoisotopic (exact) mass is 652 g/mol. The molecule has 4 aromatic carbocycles. The van der Waals surface area contributed by atoms with Crippen molar-refractivity contribution in [1.82, 2.24) is 9.38 Å². The molecule has 0 amide bonds. The van der Waals surface area contributed by atoms with Gasteiger partial charge in [-0.15, -0.1) is 4.33 Å². The number of nitrogens with zero attached hydrogens (tertiary/aromatic N) is 5. The summed E-state index contributed by atoms with van der Waals surface area (Å²) < 4.78 is 40.6. The van der Waals surface area contributed by atoms with Crippen LogP contribution in [0.15, 0.2) is 122 Å². The fourth-order valence-corrected chi connectivity index (χ4v) is 5.84. The van der Waals surface area contributed by atoms with Crippen LogP contribution in [0, 0.1) is 11.3 Å². The molecule has 2 aromatic heterocycles. The zero-order chi connectivity index (χ0) is 32.3. The Bertz CT molecular complexity index is 2390. The third kappa shape index (κ3) is 6.07. The lowest BCUT2D eigenvalue weighted by molar-refractivity contribution is -0.432. The molecule has 0 bridgehead atoms. The van der Waals surface area contributed by atoms with E-state index in [0.29, 0.717) is 32.7 Å². The average Bonchev–Trinajstić information content (AvgIpc) is 3.46. The zero-order valence-electron chi connectivity index (χ0n) is 23.3. The first kappa shape index (κ1) is 30.6. The number of nitriles is 1. The molecule has 0 spiro atoms. The Labute approximate surface area is 264 Å². The Hall–Kier alpha value is -5.47. The largest absolute Gasteiger partial charge is 0.360 e. The third-order valence-corrected chi connectivity index (χ3v) is 8.29. The Morgan fingerprint density at radius 2 is 1.65 bits per heavy atom. The highest BCUT2D eigenvalue weighted by atomic mass is 32.2. The van der Waals surface area contributed by atoms with Gasteiger partial charge in [0.05, 0.1) is 45.4 Å². The normalized spacial score (nSPS) is 12.2. The van der Waals surface area contributed by atoms with E-state index in [4.69, 9.17) is 5.26 Å². The number of hydrogen-bond donors (Lipinski definition) is 3. The molecule has 0 aliphatic rings. The van der Waals surface area contributed by atoms with Gasteiger partial charge in [0.25, 0.3) is 15.7 Å². The highest BCUT2D eigenvalue weighted by Gasteiger charge is 2.21. The van der Waals surface area contributed by atoms with Gasteiger partial charge in [-0.25, -0.2) is 10.2 Å². The Kier molecular flexibility index (Phi) is 8.55. The second-order valence-corrected chi connectivity index (χ2v) is 11.7. The van der Waals surface area contributed by atoms with Crippen LogP contribution in [0.5, 0.6) is 0 Å². The van der Waals surface area contributed by atoms with Crippen molar-refractivity contribution in [2.75, 3.05) is 5.32 Å². The van der Waals surface area contributed by atoms with Crippen LogP contribution in [0.3, 0.4) is 0 Å². The van der Waals surface area contributed by atoms with E-state index < -0.39 is 20.6 Å². The van der Waals surface area contributed by atoms with Crippen LogP contribution < -0.4 is 16.1 Å². The molecule has 0 aliphatic heterocycles. The van der Waals surface area contributed by atoms with Crippen LogP contribution in [0.4, 0.5) is 17.1 Å². The molecule has 0 fully saturated rings. The average molecular weight is 653 g/mol. The van der Waals surface area contributed by atoms with Crippen molar-refractivity contribution in [1.29, 1.82) is 5.26 Å². The topological polar surface area (TPSA) is 188 Å². The molecule has 15 heteroatoms. The zero-order valence-corrected chi connectivity index (χ0v) is 24.9. The number of benzene rings is 4. The molecule has 0 radical (unpaired) electrons. The van der Waals surface area contributed by atoms with Gasteiger partial charge in [-0.3, -0.25) is 13.7 Å². The molecule has 6 rings (SSSR count). The van der Waals surface area contributed by atoms with Crippen LogP contribution in [0.2, 0.25) is 0 Å². The number of fused-ring (bicyclic) bond motifs is 3. The number of hydrogen-bond acceptors (Lipinski definition) is 12. The fourth-order valence-electron chi connectivity index (χ4n) is 4.81. The first-order valence-corrected chi connectivity index (χ1v) is 15.4. The Balaban J connectivity index is 1.45. The van der Waals surface area contributed by atoms with Crippen molar-refractivity contribution in [2.24, 2.45) is 10.2 Å². The number of imidazole rings is 1. The van der Waals surface area contributed by atoms with Crippen molar-refractivity contribution in [3.05, 3.63) is 118 Å². The highest BCUT2D eigenvalue weighted by Crippen LogP contribution is 2.30. The molecule has 6 aromatic rings. The van der Waals surface area contributed by atoms with E-state index in [1.165, 1.54) is 22.7 Å². The maximum Gasteiger partial charge on any atom is 0.296 e. The minimum absolute atomic E-state index is 0.0542. The van der Waals surface area contributed by atoms with E-state index in [1.807, 2.05) is 0 Å². The Morgan fingerprint density at radius 3 is 2.37 bits per heavy atom. The van der Waals surface area contributed by atoms with Gasteiger partial charge in [0, 0.05) is 16.7 Å². The van der Waals surface area contributed by atoms with E-state index in [0.717, 1.165) is 18.1 Å². The van der Waals surface area contributed by atoms with Gasteiger partial charge in [0.15, 0.2) is 5.65 Å². The second-order valence-electron chi connectivity index (χ2n) is 9.57. The van der Waals surface area contributed by atoms with Crippen molar-refractivity contribution < 1.29 is 27.6 Å². The molecule has 0 atom stereocenters.